The van der Waals surface area contributed by atoms with E-state index in [0.29, 0.717) is 23.6 Å². The summed E-state index contributed by atoms with van der Waals surface area (Å²) in [6.45, 7) is 2.49. The van der Waals surface area contributed by atoms with Crippen molar-refractivity contribution in [2.24, 2.45) is 0 Å². The van der Waals surface area contributed by atoms with Crippen molar-refractivity contribution in [2.45, 2.75) is 32.4 Å². The van der Waals surface area contributed by atoms with Crippen LogP contribution in [0.4, 0.5) is 4.39 Å². The van der Waals surface area contributed by atoms with E-state index in [2.05, 4.69) is 5.32 Å². The summed E-state index contributed by atoms with van der Waals surface area (Å²) >= 11 is 6.38. The Hall–Kier alpha value is -3.18. The molecule has 1 atom stereocenters. The summed E-state index contributed by atoms with van der Waals surface area (Å²) in [4.78, 5) is 28.1. The van der Waals surface area contributed by atoms with Crippen molar-refractivity contribution in [3.05, 3.63) is 106 Å². The molecule has 4 nitrogen and oxygen atoms in total. The van der Waals surface area contributed by atoms with Crippen molar-refractivity contribution < 1.29 is 14.0 Å². The first kappa shape index (κ1) is 23.5. The smallest absolute Gasteiger partial charge is 0.243 e. The number of benzene rings is 3. The van der Waals surface area contributed by atoms with Gasteiger partial charge in [-0.2, -0.15) is 0 Å². The summed E-state index contributed by atoms with van der Waals surface area (Å²) in [5.74, 6) is -0.821. The molecule has 0 aliphatic heterocycles. The number of carbonyl (C=O) groups is 2. The summed E-state index contributed by atoms with van der Waals surface area (Å²) in [6.07, 6.45) is 0.418. The fourth-order valence-corrected chi connectivity index (χ4v) is 3.73. The predicted octanol–water partition coefficient (Wildman–Crippen LogP) is 4.80. The Kier molecular flexibility index (Phi) is 8.40. The molecule has 0 radical (unpaired) electrons. The lowest BCUT2D eigenvalue weighted by Gasteiger charge is -2.32. The van der Waals surface area contributed by atoms with Gasteiger partial charge >= 0.3 is 0 Å². The Labute approximate surface area is 193 Å². The van der Waals surface area contributed by atoms with Gasteiger partial charge in [0.05, 0.1) is 6.42 Å². The van der Waals surface area contributed by atoms with Crippen molar-refractivity contribution in [3.63, 3.8) is 0 Å². The molecule has 3 rings (SSSR count). The van der Waals surface area contributed by atoms with Gasteiger partial charge in [-0.1, -0.05) is 72.3 Å². The van der Waals surface area contributed by atoms with Crippen molar-refractivity contribution in [1.82, 2.24) is 10.2 Å². The number of nitrogens with zero attached hydrogens (tertiary/aromatic N) is 1. The molecule has 0 saturated carbocycles. The fraction of sp³-hybridized carbons (Fsp3) is 0.231. The highest BCUT2D eigenvalue weighted by atomic mass is 35.5. The molecule has 0 saturated heterocycles. The first-order valence-corrected chi connectivity index (χ1v) is 10.9. The monoisotopic (exact) mass is 452 g/mol. The van der Waals surface area contributed by atoms with Gasteiger partial charge in [0.1, 0.15) is 11.9 Å². The Bertz CT molecular complexity index is 1040. The molecule has 0 fully saturated rings. The topological polar surface area (TPSA) is 49.4 Å². The average molecular weight is 453 g/mol. The number of amides is 2. The Morgan fingerprint density at radius 2 is 1.59 bits per heavy atom. The molecule has 0 spiro atoms. The van der Waals surface area contributed by atoms with E-state index >= 15 is 0 Å². The van der Waals surface area contributed by atoms with Crippen LogP contribution in [0.1, 0.15) is 23.6 Å². The molecular formula is C26H26ClFN2O2. The molecule has 1 N–H and O–H groups in total. The van der Waals surface area contributed by atoms with Crippen LogP contribution in [-0.4, -0.2) is 29.3 Å². The van der Waals surface area contributed by atoms with Crippen LogP contribution >= 0.6 is 11.6 Å². The van der Waals surface area contributed by atoms with Crippen molar-refractivity contribution in [2.75, 3.05) is 6.54 Å². The predicted molar refractivity (Wildman–Crippen MR) is 125 cm³/mol. The molecule has 0 bridgehead atoms. The Balaban J connectivity index is 1.95. The van der Waals surface area contributed by atoms with Gasteiger partial charge in [0, 0.05) is 24.5 Å². The lowest BCUT2D eigenvalue weighted by molar-refractivity contribution is -0.140. The fourth-order valence-electron chi connectivity index (χ4n) is 3.53. The van der Waals surface area contributed by atoms with E-state index in [1.54, 1.807) is 23.1 Å². The van der Waals surface area contributed by atoms with E-state index in [9.17, 15) is 14.0 Å². The molecule has 0 aliphatic rings. The number of halogens is 2. The maximum atomic E-state index is 13.5. The van der Waals surface area contributed by atoms with E-state index in [4.69, 9.17) is 11.6 Å². The summed E-state index contributed by atoms with van der Waals surface area (Å²) in [5, 5.41) is 3.39. The summed E-state index contributed by atoms with van der Waals surface area (Å²) in [5.41, 5.74) is 2.38. The molecule has 0 aliphatic carbocycles. The molecular weight excluding hydrogens is 427 g/mol. The maximum Gasteiger partial charge on any atom is 0.243 e. The van der Waals surface area contributed by atoms with Gasteiger partial charge < -0.3 is 10.2 Å². The third-order valence-corrected chi connectivity index (χ3v) is 5.56. The second kappa shape index (κ2) is 11.4. The Morgan fingerprint density at radius 1 is 0.938 bits per heavy atom. The average Bonchev–Trinajstić information content (AvgIpc) is 2.79. The van der Waals surface area contributed by atoms with Crippen LogP contribution in [-0.2, 0) is 29.0 Å². The largest absolute Gasteiger partial charge is 0.355 e. The summed E-state index contributed by atoms with van der Waals surface area (Å²) < 4.78 is 13.3. The molecule has 6 heteroatoms. The van der Waals surface area contributed by atoms with Crippen LogP contribution in [0.2, 0.25) is 5.02 Å². The van der Waals surface area contributed by atoms with Crippen LogP contribution in [0.15, 0.2) is 78.9 Å². The molecule has 0 aromatic heterocycles. The highest BCUT2D eigenvalue weighted by Crippen LogP contribution is 2.21. The van der Waals surface area contributed by atoms with Gasteiger partial charge in [0.2, 0.25) is 11.8 Å². The normalized spacial score (nSPS) is 11.6. The number of rotatable bonds is 9. The third-order valence-electron chi connectivity index (χ3n) is 5.19. The molecule has 2 amide bonds. The first-order valence-electron chi connectivity index (χ1n) is 10.6. The SMILES string of the molecule is CCNC(=O)[C@@H](Cc1ccccc1)N(Cc1ccccc1Cl)C(=O)Cc1ccc(F)cc1. The minimum Gasteiger partial charge on any atom is -0.355 e. The number of nitrogens with one attached hydrogen (secondary N) is 1. The minimum absolute atomic E-state index is 0.0510. The van der Waals surface area contributed by atoms with Crippen LogP contribution < -0.4 is 5.32 Å². The van der Waals surface area contributed by atoms with Gasteiger partial charge in [0.15, 0.2) is 0 Å². The third kappa shape index (κ3) is 6.41. The Morgan fingerprint density at radius 3 is 2.25 bits per heavy atom. The highest BCUT2D eigenvalue weighted by molar-refractivity contribution is 6.31. The number of likely N-dealkylation sites (N-methyl/N-ethyl adjacent to an activating group) is 1. The number of carbonyl (C=O) groups excluding carboxylic acids is 2. The summed E-state index contributed by atoms with van der Waals surface area (Å²) in [6, 6.07) is 22.0. The standard InChI is InChI=1S/C26H26ClFN2O2/c1-2-29-26(32)24(16-19-8-4-3-5-9-19)30(18-21-10-6-7-11-23(21)27)25(31)17-20-12-14-22(28)15-13-20/h3-15,24H,2,16-18H2,1H3,(H,29,32)/t24-/m1/s1. The zero-order valence-corrected chi connectivity index (χ0v) is 18.7. The maximum absolute atomic E-state index is 13.5. The molecule has 3 aromatic rings. The first-order chi connectivity index (χ1) is 15.5. The van der Waals surface area contributed by atoms with Crippen LogP contribution in [0.3, 0.4) is 0 Å². The zero-order valence-electron chi connectivity index (χ0n) is 17.9. The van der Waals surface area contributed by atoms with Crippen molar-refractivity contribution in [1.29, 1.82) is 0 Å². The quantitative estimate of drug-likeness (QED) is 0.507. The molecule has 0 heterocycles. The number of hydrogen-bond acceptors (Lipinski definition) is 2. The van der Waals surface area contributed by atoms with Gasteiger partial charge in [0.25, 0.3) is 0 Å². The lowest BCUT2D eigenvalue weighted by atomic mass is 10.0. The van der Waals surface area contributed by atoms with E-state index in [-0.39, 0.29) is 30.6 Å². The van der Waals surface area contributed by atoms with Crippen molar-refractivity contribution in [3.8, 4) is 0 Å². The van der Waals surface area contributed by atoms with Crippen LogP contribution in [0, 0.1) is 5.82 Å². The molecule has 3 aromatic carbocycles. The van der Waals surface area contributed by atoms with Gasteiger partial charge in [-0.15, -0.1) is 0 Å². The van der Waals surface area contributed by atoms with Gasteiger partial charge in [-0.25, -0.2) is 4.39 Å². The second-order valence-corrected chi connectivity index (χ2v) is 7.92. The minimum atomic E-state index is -0.721. The van der Waals surface area contributed by atoms with Gasteiger partial charge in [-0.05, 0) is 41.8 Å². The van der Waals surface area contributed by atoms with Crippen molar-refractivity contribution >= 4 is 23.4 Å². The van der Waals surface area contributed by atoms with E-state index in [0.717, 1.165) is 11.1 Å². The zero-order chi connectivity index (χ0) is 22.9. The summed E-state index contributed by atoms with van der Waals surface area (Å²) in [7, 11) is 0. The van der Waals surface area contributed by atoms with E-state index < -0.39 is 6.04 Å². The van der Waals surface area contributed by atoms with Crippen LogP contribution in [0.5, 0.6) is 0 Å². The van der Waals surface area contributed by atoms with Crippen LogP contribution in [0.25, 0.3) is 0 Å². The lowest BCUT2D eigenvalue weighted by Crippen LogP contribution is -2.51. The van der Waals surface area contributed by atoms with E-state index in [1.165, 1.54) is 12.1 Å². The molecule has 166 valence electrons. The molecule has 0 unspecified atom stereocenters. The van der Waals surface area contributed by atoms with E-state index in [1.807, 2.05) is 55.5 Å². The van der Waals surface area contributed by atoms with Gasteiger partial charge in [-0.3, -0.25) is 9.59 Å². The molecule has 32 heavy (non-hydrogen) atoms. The second-order valence-electron chi connectivity index (χ2n) is 7.52. The highest BCUT2D eigenvalue weighted by Gasteiger charge is 2.30. The number of hydrogen-bond donors (Lipinski definition) is 1.